The Labute approximate surface area is 191 Å². The minimum atomic E-state index is -2.00. The van der Waals surface area contributed by atoms with Crippen LogP contribution >= 0.6 is 22.6 Å². The first kappa shape index (κ1) is 23.1. The monoisotopic (exact) mass is 561 g/mol. The van der Waals surface area contributed by atoms with Gasteiger partial charge in [0.05, 0.1) is 11.4 Å². The van der Waals surface area contributed by atoms with Crippen LogP contribution in [-0.4, -0.2) is 17.1 Å². The number of hydrogen-bond donors (Lipinski definition) is 4. The number of rotatable bonds is 6. The number of anilines is 3. The molecule has 32 heavy (non-hydrogen) atoms. The maximum Gasteiger partial charge on any atom is 0.409 e. The molecule has 0 aliphatic rings. The Hall–Kier alpha value is -3.55. The summed E-state index contributed by atoms with van der Waals surface area (Å²) in [4.78, 5) is 22.8. The van der Waals surface area contributed by atoms with Crippen LogP contribution in [-0.2, 0) is 0 Å². The molecule has 0 saturated carbocycles. The van der Waals surface area contributed by atoms with Crippen molar-refractivity contribution < 1.29 is 37.0 Å². The molecule has 12 heteroatoms. The number of amides is 2. The zero-order valence-electron chi connectivity index (χ0n) is 15.7. The van der Waals surface area contributed by atoms with Gasteiger partial charge in [0.15, 0.2) is 11.6 Å². The Morgan fingerprint density at radius 3 is 2.34 bits per heavy atom. The molecule has 0 heterocycles. The van der Waals surface area contributed by atoms with Gasteiger partial charge in [0, 0.05) is 15.3 Å². The molecule has 3 aromatic carbocycles. The average Bonchev–Trinajstić information content (AvgIpc) is 2.71. The summed E-state index contributed by atoms with van der Waals surface area (Å²) in [5.74, 6) is -9.23. The summed E-state index contributed by atoms with van der Waals surface area (Å²) in [6.07, 6.45) is -1.40. The third-order valence-corrected chi connectivity index (χ3v) is 4.69. The number of primary amides is 1. The van der Waals surface area contributed by atoms with Crippen molar-refractivity contribution >= 4 is 51.7 Å². The minimum Gasteiger partial charge on any atom is -0.465 e. The topological polar surface area (TPSA) is 114 Å². The van der Waals surface area contributed by atoms with Crippen molar-refractivity contribution in [2.45, 2.75) is 0 Å². The lowest BCUT2D eigenvalue weighted by molar-refractivity contribution is 0.0997. The molecule has 0 bridgehead atoms. The summed E-state index contributed by atoms with van der Waals surface area (Å²) in [6, 6.07) is 8.74. The number of carbonyl (C=O) groups excluding carboxylic acids is 1. The number of nitrogens with one attached hydrogen (secondary N) is 2. The van der Waals surface area contributed by atoms with Gasteiger partial charge in [0.1, 0.15) is 17.1 Å². The number of benzene rings is 3. The van der Waals surface area contributed by atoms with Gasteiger partial charge in [-0.3, -0.25) is 10.1 Å². The first-order valence-electron chi connectivity index (χ1n) is 8.58. The zero-order valence-corrected chi connectivity index (χ0v) is 17.8. The van der Waals surface area contributed by atoms with Gasteiger partial charge in [0.2, 0.25) is 11.6 Å². The van der Waals surface area contributed by atoms with E-state index >= 15 is 0 Å². The maximum absolute atomic E-state index is 14.6. The third kappa shape index (κ3) is 4.85. The lowest BCUT2D eigenvalue weighted by Gasteiger charge is -2.18. The van der Waals surface area contributed by atoms with E-state index in [1.807, 2.05) is 27.9 Å². The van der Waals surface area contributed by atoms with Crippen molar-refractivity contribution in [2.24, 2.45) is 5.73 Å². The number of ether oxygens (including phenoxy) is 1. The first-order valence-corrected chi connectivity index (χ1v) is 9.66. The van der Waals surface area contributed by atoms with E-state index in [0.29, 0.717) is 3.57 Å². The number of halogens is 5. The summed E-state index contributed by atoms with van der Waals surface area (Å²) in [6.45, 7) is 0. The summed E-state index contributed by atoms with van der Waals surface area (Å²) in [7, 11) is 0. The Morgan fingerprint density at radius 2 is 1.72 bits per heavy atom. The molecule has 0 aromatic heterocycles. The van der Waals surface area contributed by atoms with E-state index in [1.54, 1.807) is 0 Å². The molecule has 0 radical (unpaired) electrons. The second-order valence-electron chi connectivity index (χ2n) is 6.19. The fraction of sp³-hybridized carbons (Fsp3) is 0. The van der Waals surface area contributed by atoms with Crippen LogP contribution in [0, 0.1) is 26.8 Å². The molecule has 0 aliphatic carbocycles. The highest BCUT2D eigenvalue weighted by Crippen LogP contribution is 2.39. The lowest BCUT2D eigenvalue weighted by atomic mass is 10.1. The summed E-state index contributed by atoms with van der Waals surface area (Å²) in [5.41, 5.74) is 3.09. The fourth-order valence-corrected chi connectivity index (χ4v) is 3.14. The maximum atomic E-state index is 14.6. The van der Waals surface area contributed by atoms with Crippen molar-refractivity contribution in [2.75, 3.05) is 10.6 Å². The Kier molecular flexibility index (Phi) is 6.72. The van der Waals surface area contributed by atoms with Crippen LogP contribution in [0.3, 0.4) is 0 Å². The first-order chi connectivity index (χ1) is 15.1. The largest absolute Gasteiger partial charge is 0.465 e. The van der Waals surface area contributed by atoms with Gasteiger partial charge in [-0.05, 0) is 52.9 Å². The van der Waals surface area contributed by atoms with Crippen LogP contribution in [0.1, 0.15) is 10.4 Å². The van der Waals surface area contributed by atoms with Crippen molar-refractivity contribution in [1.29, 1.82) is 0 Å². The van der Waals surface area contributed by atoms with Crippen LogP contribution in [0.2, 0.25) is 0 Å². The molecular weight excluding hydrogens is 549 g/mol. The molecule has 0 aliphatic heterocycles. The van der Waals surface area contributed by atoms with Crippen LogP contribution in [0.5, 0.6) is 11.5 Å². The van der Waals surface area contributed by atoms with Crippen LogP contribution in [0.4, 0.5) is 39.4 Å². The Balaban J connectivity index is 2.14. The van der Waals surface area contributed by atoms with E-state index in [9.17, 15) is 27.2 Å². The van der Waals surface area contributed by atoms with Gasteiger partial charge in [-0.25, -0.2) is 18.0 Å². The second-order valence-corrected chi connectivity index (χ2v) is 7.44. The molecular formula is C20H12F4IN3O4. The number of carbonyl (C=O) groups is 2. The molecule has 0 atom stereocenters. The van der Waals surface area contributed by atoms with E-state index in [2.05, 4.69) is 5.32 Å². The highest BCUT2D eigenvalue weighted by molar-refractivity contribution is 14.1. The number of hydrogen-bond acceptors (Lipinski definition) is 4. The second kappa shape index (κ2) is 9.30. The average molecular weight is 561 g/mol. The summed E-state index contributed by atoms with van der Waals surface area (Å²) in [5, 5.41) is 13.0. The minimum absolute atomic E-state index is 0.0120. The third-order valence-electron chi connectivity index (χ3n) is 4.02. The van der Waals surface area contributed by atoms with E-state index < -0.39 is 52.3 Å². The highest BCUT2D eigenvalue weighted by atomic mass is 127. The number of carboxylic acid groups (broad SMARTS) is 1. The van der Waals surface area contributed by atoms with Gasteiger partial charge in [0.25, 0.3) is 5.91 Å². The molecule has 7 nitrogen and oxygen atoms in total. The standard InChI is InChI=1S/C20H12F4IN3O4/c21-11-6-8(25)4-5-12(11)28-17-13(19(26)29)18(16(24)14(22)15(17)23)32-10-3-1-2-9(7-10)27-20(30)31/h1-7,27-28H,(H2,26,29)(H,30,31). The van der Waals surface area contributed by atoms with Crippen molar-refractivity contribution in [1.82, 2.24) is 0 Å². The van der Waals surface area contributed by atoms with Crippen LogP contribution < -0.4 is 21.1 Å². The Morgan fingerprint density at radius 1 is 1.00 bits per heavy atom. The molecule has 3 aromatic rings. The van der Waals surface area contributed by atoms with Crippen molar-refractivity contribution in [3.05, 3.63) is 74.9 Å². The van der Waals surface area contributed by atoms with Crippen LogP contribution in [0.25, 0.3) is 0 Å². The molecule has 2 amide bonds. The van der Waals surface area contributed by atoms with Crippen molar-refractivity contribution in [3.8, 4) is 11.5 Å². The van der Waals surface area contributed by atoms with Crippen LogP contribution in [0.15, 0.2) is 42.5 Å². The van der Waals surface area contributed by atoms with E-state index in [1.165, 1.54) is 30.3 Å². The number of nitrogens with two attached hydrogens (primary N) is 1. The normalized spacial score (nSPS) is 10.5. The van der Waals surface area contributed by atoms with Gasteiger partial charge in [-0.2, -0.15) is 4.39 Å². The van der Waals surface area contributed by atoms with E-state index in [4.69, 9.17) is 15.6 Å². The predicted octanol–water partition coefficient (Wildman–Crippen LogP) is 5.57. The van der Waals surface area contributed by atoms with Gasteiger partial charge < -0.3 is 20.9 Å². The molecule has 166 valence electrons. The summed E-state index contributed by atoms with van der Waals surface area (Å²) >= 11 is 1.83. The van der Waals surface area contributed by atoms with Gasteiger partial charge in [-0.15, -0.1) is 0 Å². The van der Waals surface area contributed by atoms with Gasteiger partial charge >= 0.3 is 6.09 Å². The predicted molar refractivity (Wildman–Crippen MR) is 115 cm³/mol. The fourth-order valence-electron chi connectivity index (χ4n) is 2.69. The molecule has 3 rings (SSSR count). The highest BCUT2D eigenvalue weighted by Gasteiger charge is 2.30. The summed E-state index contributed by atoms with van der Waals surface area (Å²) < 4.78 is 63.4. The quantitative estimate of drug-likeness (QED) is 0.179. The zero-order chi connectivity index (χ0) is 23.6. The van der Waals surface area contributed by atoms with E-state index in [-0.39, 0.29) is 17.1 Å². The Bertz CT molecular complexity index is 1240. The molecule has 0 unspecified atom stereocenters. The molecule has 0 fully saturated rings. The molecule has 0 saturated heterocycles. The lowest BCUT2D eigenvalue weighted by Crippen LogP contribution is -2.18. The van der Waals surface area contributed by atoms with Crippen molar-refractivity contribution in [3.63, 3.8) is 0 Å². The molecule has 0 spiro atoms. The SMILES string of the molecule is NC(=O)c1c(Nc2ccc(I)cc2F)c(F)c(F)c(F)c1Oc1cccc(NC(=O)O)c1. The molecule has 5 N–H and O–H groups in total. The van der Waals surface area contributed by atoms with Gasteiger partial charge in [-0.1, -0.05) is 6.07 Å². The van der Waals surface area contributed by atoms with E-state index in [0.717, 1.165) is 12.1 Å². The smallest absolute Gasteiger partial charge is 0.409 e.